The third kappa shape index (κ3) is 5.18. The summed E-state index contributed by atoms with van der Waals surface area (Å²) in [6.45, 7) is 7.47. The maximum Gasteiger partial charge on any atom is 0.264 e. The molecule has 0 unspecified atom stereocenters. The van der Waals surface area contributed by atoms with Crippen LogP contribution in [-0.2, 0) is 17.1 Å². The average Bonchev–Trinajstić information content (AvgIpc) is 3.32. The first-order valence-electron chi connectivity index (χ1n) is 11.9. The average molecular weight is 514 g/mol. The van der Waals surface area contributed by atoms with Crippen molar-refractivity contribution in [3.8, 4) is 0 Å². The second-order valence-corrected chi connectivity index (χ2v) is 11.0. The van der Waals surface area contributed by atoms with Crippen LogP contribution in [0.1, 0.15) is 43.0 Å². The number of halogens is 1. The van der Waals surface area contributed by atoms with Crippen molar-refractivity contribution < 1.29 is 12.8 Å². The van der Waals surface area contributed by atoms with E-state index < -0.39 is 10.0 Å². The van der Waals surface area contributed by atoms with Gasteiger partial charge in [0.2, 0.25) is 5.03 Å². The molecule has 1 aliphatic rings. The van der Waals surface area contributed by atoms with E-state index in [1.54, 1.807) is 19.2 Å². The maximum absolute atomic E-state index is 13.3. The quantitative estimate of drug-likeness (QED) is 0.443. The molecule has 2 N–H and O–H groups in total. The smallest absolute Gasteiger partial charge is 0.264 e. The SMILES string of the molecule is CC[C@H](C)N1CCN(S(=O)(=O)c2cnn(C)n2)C[C@H]1c1cc(C=N)c(Nc2ccc(F)cc2)cc1C. The minimum Gasteiger partial charge on any atom is -0.355 e. The van der Waals surface area contributed by atoms with Crippen molar-refractivity contribution in [1.29, 1.82) is 5.41 Å². The van der Waals surface area contributed by atoms with Gasteiger partial charge in [0.1, 0.15) is 5.82 Å². The number of piperazine rings is 1. The summed E-state index contributed by atoms with van der Waals surface area (Å²) in [6.07, 6.45) is 3.48. The predicted molar refractivity (Wildman–Crippen MR) is 138 cm³/mol. The van der Waals surface area contributed by atoms with Crippen LogP contribution in [0.4, 0.5) is 15.8 Å². The Morgan fingerprint density at radius 1 is 1.25 bits per heavy atom. The fraction of sp³-hybridized carbons (Fsp3) is 0.400. The van der Waals surface area contributed by atoms with E-state index in [-0.39, 0.29) is 29.5 Å². The number of anilines is 2. The van der Waals surface area contributed by atoms with Gasteiger partial charge in [-0.25, -0.2) is 12.8 Å². The highest BCUT2D eigenvalue weighted by atomic mass is 32.2. The van der Waals surface area contributed by atoms with E-state index >= 15 is 0 Å². The van der Waals surface area contributed by atoms with Crippen molar-refractivity contribution in [3.05, 3.63) is 65.1 Å². The van der Waals surface area contributed by atoms with Gasteiger partial charge in [0.15, 0.2) is 0 Å². The first-order valence-corrected chi connectivity index (χ1v) is 13.4. The highest BCUT2D eigenvalue weighted by molar-refractivity contribution is 7.89. The van der Waals surface area contributed by atoms with E-state index in [2.05, 4.69) is 34.3 Å². The topological polar surface area (TPSA) is 107 Å². The first kappa shape index (κ1) is 25.9. The van der Waals surface area contributed by atoms with Crippen molar-refractivity contribution in [1.82, 2.24) is 24.2 Å². The van der Waals surface area contributed by atoms with E-state index in [0.29, 0.717) is 24.3 Å². The largest absolute Gasteiger partial charge is 0.355 e. The summed E-state index contributed by atoms with van der Waals surface area (Å²) >= 11 is 0. The van der Waals surface area contributed by atoms with Crippen molar-refractivity contribution >= 4 is 27.6 Å². The standard InChI is InChI=1S/C25H32FN7O2S/c1-5-18(3)33-11-10-32(36(34,35)25-15-28-31(4)30-25)16-24(33)22-13-19(14-27)23(12-17(22)2)29-21-8-6-20(26)7-9-21/h6-9,12-15,18,24,27,29H,5,10-11,16H2,1-4H3/t18-,24-/m0/s1. The number of hydrogen-bond acceptors (Lipinski definition) is 7. The molecule has 0 amide bonds. The lowest BCUT2D eigenvalue weighted by atomic mass is 9.93. The normalized spacial score (nSPS) is 18.2. The van der Waals surface area contributed by atoms with Crippen molar-refractivity contribution in [2.45, 2.75) is 44.3 Å². The zero-order chi connectivity index (χ0) is 26.0. The van der Waals surface area contributed by atoms with Crippen LogP contribution >= 0.6 is 0 Å². The van der Waals surface area contributed by atoms with Gasteiger partial charge in [-0.15, -0.1) is 5.10 Å². The molecule has 4 rings (SSSR count). The summed E-state index contributed by atoms with van der Waals surface area (Å²) in [6, 6.07) is 10.0. The van der Waals surface area contributed by atoms with E-state index in [0.717, 1.165) is 23.2 Å². The summed E-state index contributed by atoms with van der Waals surface area (Å²) in [5.41, 5.74) is 4.05. The minimum atomic E-state index is -3.79. The number of nitrogens with one attached hydrogen (secondary N) is 2. The number of rotatable bonds is 8. The Morgan fingerprint density at radius 3 is 2.58 bits per heavy atom. The number of aromatic nitrogens is 3. The summed E-state index contributed by atoms with van der Waals surface area (Å²) in [5.74, 6) is -0.317. The lowest BCUT2D eigenvalue weighted by Gasteiger charge is -2.44. The Hall–Kier alpha value is -3.15. The summed E-state index contributed by atoms with van der Waals surface area (Å²) in [7, 11) is -2.20. The van der Waals surface area contributed by atoms with Crippen LogP contribution in [0.3, 0.4) is 0 Å². The zero-order valence-corrected chi connectivity index (χ0v) is 21.8. The van der Waals surface area contributed by atoms with Gasteiger partial charge >= 0.3 is 0 Å². The molecular formula is C25H32FN7O2S. The molecule has 1 aromatic heterocycles. The summed E-state index contributed by atoms with van der Waals surface area (Å²) in [4.78, 5) is 3.58. The Bertz CT molecular complexity index is 1340. The monoisotopic (exact) mass is 513 g/mol. The maximum atomic E-state index is 13.3. The van der Waals surface area contributed by atoms with Crippen LogP contribution in [0.5, 0.6) is 0 Å². The van der Waals surface area contributed by atoms with Gasteiger partial charge in [-0.05, 0) is 67.8 Å². The highest BCUT2D eigenvalue weighted by Gasteiger charge is 2.38. The van der Waals surface area contributed by atoms with Crippen LogP contribution in [0.15, 0.2) is 47.6 Å². The molecule has 192 valence electrons. The Morgan fingerprint density at radius 2 is 1.97 bits per heavy atom. The van der Waals surface area contributed by atoms with E-state index in [1.807, 2.05) is 19.1 Å². The molecule has 2 atom stereocenters. The lowest BCUT2D eigenvalue weighted by molar-refractivity contribution is 0.0778. The van der Waals surface area contributed by atoms with Gasteiger partial charge in [-0.1, -0.05) is 6.92 Å². The fourth-order valence-electron chi connectivity index (χ4n) is 4.62. The van der Waals surface area contributed by atoms with Crippen LogP contribution in [0, 0.1) is 18.2 Å². The van der Waals surface area contributed by atoms with Gasteiger partial charge in [0.05, 0.1) is 6.20 Å². The first-order chi connectivity index (χ1) is 17.1. The number of benzene rings is 2. The van der Waals surface area contributed by atoms with Crippen LogP contribution in [0.2, 0.25) is 0 Å². The zero-order valence-electron chi connectivity index (χ0n) is 20.9. The molecule has 1 fully saturated rings. The van der Waals surface area contributed by atoms with Gasteiger partial charge in [-0.3, -0.25) is 4.90 Å². The number of hydrogen-bond donors (Lipinski definition) is 2. The molecule has 0 aliphatic carbocycles. The molecule has 1 aliphatic heterocycles. The second-order valence-electron chi connectivity index (χ2n) is 9.12. The van der Waals surface area contributed by atoms with Gasteiger partial charge < -0.3 is 10.7 Å². The van der Waals surface area contributed by atoms with E-state index in [9.17, 15) is 12.8 Å². The summed E-state index contributed by atoms with van der Waals surface area (Å²) in [5, 5.41) is 19.2. The van der Waals surface area contributed by atoms with Crippen LogP contribution in [0.25, 0.3) is 0 Å². The van der Waals surface area contributed by atoms with Gasteiger partial charge in [-0.2, -0.15) is 14.2 Å². The molecule has 0 spiro atoms. The van der Waals surface area contributed by atoms with E-state index in [4.69, 9.17) is 5.41 Å². The molecule has 9 nitrogen and oxygen atoms in total. The molecule has 11 heteroatoms. The number of sulfonamides is 1. The minimum absolute atomic E-state index is 0.0588. The van der Waals surface area contributed by atoms with Crippen molar-refractivity contribution in [2.24, 2.45) is 7.05 Å². The van der Waals surface area contributed by atoms with Crippen LogP contribution in [-0.4, -0.2) is 64.5 Å². The Labute approximate surface area is 211 Å². The Kier molecular flexibility index (Phi) is 7.53. The fourth-order valence-corrected chi connectivity index (χ4v) is 5.95. The van der Waals surface area contributed by atoms with Crippen molar-refractivity contribution in [2.75, 3.05) is 25.0 Å². The second kappa shape index (κ2) is 10.5. The molecule has 0 saturated carbocycles. The molecule has 2 heterocycles. The van der Waals surface area contributed by atoms with Crippen LogP contribution < -0.4 is 5.32 Å². The van der Waals surface area contributed by atoms with Crippen molar-refractivity contribution in [3.63, 3.8) is 0 Å². The number of nitrogens with zero attached hydrogens (tertiary/aromatic N) is 5. The number of aryl methyl sites for hydroxylation is 2. The van der Waals surface area contributed by atoms with E-state index in [1.165, 1.54) is 33.6 Å². The highest BCUT2D eigenvalue weighted by Crippen LogP contribution is 2.35. The third-order valence-corrected chi connectivity index (χ3v) is 8.53. The third-order valence-electron chi connectivity index (χ3n) is 6.80. The molecular weight excluding hydrogens is 481 g/mol. The van der Waals surface area contributed by atoms with Gasteiger partial charge in [0.25, 0.3) is 10.0 Å². The molecule has 0 bridgehead atoms. The molecule has 0 radical (unpaired) electrons. The molecule has 36 heavy (non-hydrogen) atoms. The predicted octanol–water partition coefficient (Wildman–Crippen LogP) is 3.85. The molecule has 1 saturated heterocycles. The lowest BCUT2D eigenvalue weighted by Crippen LogP contribution is -2.53. The summed E-state index contributed by atoms with van der Waals surface area (Å²) < 4.78 is 41.5. The van der Waals surface area contributed by atoms with Gasteiger partial charge in [0, 0.05) is 61.9 Å². The molecule has 2 aromatic carbocycles. The Balaban J connectivity index is 1.70. The molecule has 3 aromatic rings.